The fraction of sp³-hybridized carbons (Fsp3) is 0.389. The number of halogens is 2. The van der Waals surface area contributed by atoms with Gasteiger partial charge in [-0.3, -0.25) is 4.40 Å². The van der Waals surface area contributed by atoms with E-state index in [0.717, 1.165) is 27.7 Å². The van der Waals surface area contributed by atoms with E-state index in [1.54, 1.807) is 17.4 Å². The Morgan fingerprint density at radius 1 is 1.29 bits per heavy atom. The maximum absolute atomic E-state index is 13.4. The van der Waals surface area contributed by atoms with E-state index < -0.39 is 0 Å². The average molecular weight is 364 g/mol. The van der Waals surface area contributed by atoms with Gasteiger partial charge in [-0.05, 0) is 38.0 Å². The van der Waals surface area contributed by atoms with Gasteiger partial charge in [0, 0.05) is 22.7 Å². The van der Waals surface area contributed by atoms with E-state index >= 15 is 0 Å². The molecule has 2 aromatic heterocycles. The van der Waals surface area contributed by atoms with E-state index in [-0.39, 0.29) is 5.82 Å². The summed E-state index contributed by atoms with van der Waals surface area (Å²) >= 11 is 7.91. The number of thiazole rings is 1. The molecule has 3 nitrogen and oxygen atoms in total. The molecule has 2 heterocycles. The quantitative estimate of drug-likeness (QED) is 0.626. The molecule has 126 valence electrons. The van der Waals surface area contributed by atoms with Crippen molar-refractivity contribution in [3.05, 3.63) is 40.1 Å². The number of benzene rings is 1. The van der Waals surface area contributed by atoms with Crippen LogP contribution in [-0.2, 0) is 0 Å². The number of aryl methyl sites for hydroxylation is 1. The van der Waals surface area contributed by atoms with Gasteiger partial charge in [-0.25, -0.2) is 9.37 Å². The molecule has 1 aliphatic carbocycles. The van der Waals surface area contributed by atoms with Gasteiger partial charge < -0.3 is 5.32 Å². The van der Waals surface area contributed by atoms with Crippen molar-refractivity contribution >= 4 is 33.7 Å². The first-order chi connectivity index (χ1) is 11.6. The van der Waals surface area contributed by atoms with Crippen molar-refractivity contribution < 1.29 is 4.39 Å². The topological polar surface area (TPSA) is 29.3 Å². The zero-order chi connectivity index (χ0) is 16.7. The molecule has 1 N–H and O–H groups in total. The van der Waals surface area contributed by atoms with Crippen molar-refractivity contribution in [2.24, 2.45) is 0 Å². The van der Waals surface area contributed by atoms with Gasteiger partial charge in [0.15, 0.2) is 4.96 Å². The van der Waals surface area contributed by atoms with E-state index in [0.29, 0.717) is 11.1 Å². The fourth-order valence-corrected chi connectivity index (χ4v) is 4.56. The second kappa shape index (κ2) is 6.37. The summed E-state index contributed by atoms with van der Waals surface area (Å²) in [5.74, 6) is 0.645. The van der Waals surface area contributed by atoms with E-state index in [9.17, 15) is 4.39 Å². The molecule has 1 aromatic carbocycles. The fourth-order valence-electron chi connectivity index (χ4n) is 3.44. The lowest BCUT2D eigenvalue weighted by molar-refractivity contribution is 0.461. The molecular formula is C18H19ClFN3S. The van der Waals surface area contributed by atoms with E-state index in [1.165, 1.54) is 44.2 Å². The Labute approximate surface area is 149 Å². The van der Waals surface area contributed by atoms with Crippen LogP contribution in [-0.4, -0.2) is 15.4 Å². The SMILES string of the molecule is Cc1csc2nc(-c3ccc(F)cc3Cl)c(NC3CCCCC3)n12. The number of aromatic nitrogens is 2. The molecule has 0 aliphatic heterocycles. The van der Waals surface area contributed by atoms with E-state index in [2.05, 4.69) is 22.0 Å². The molecule has 6 heteroatoms. The second-order valence-electron chi connectivity index (χ2n) is 6.41. The highest BCUT2D eigenvalue weighted by molar-refractivity contribution is 7.15. The van der Waals surface area contributed by atoms with Gasteiger partial charge in [0.2, 0.25) is 0 Å². The Hall–Kier alpha value is -1.59. The third-order valence-electron chi connectivity index (χ3n) is 4.67. The predicted molar refractivity (Wildman–Crippen MR) is 98.7 cm³/mol. The first-order valence-electron chi connectivity index (χ1n) is 8.32. The highest BCUT2D eigenvalue weighted by Gasteiger charge is 2.22. The molecule has 1 fully saturated rings. The molecule has 3 aromatic rings. The highest BCUT2D eigenvalue weighted by atomic mass is 35.5. The van der Waals surface area contributed by atoms with Crippen molar-refractivity contribution in [2.75, 3.05) is 5.32 Å². The Bertz CT molecular complexity index is 880. The zero-order valence-corrected chi connectivity index (χ0v) is 15.1. The second-order valence-corrected chi connectivity index (χ2v) is 7.65. The molecule has 0 unspecified atom stereocenters. The zero-order valence-electron chi connectivity index (χ0n) is 13.5. The molecule has 0 bridgehead atoms. The van der Waals surface area contributed by atoms with Crippen molar-refractivity contribution in [1.82, 2.24) is 9.38 Å². The summed E-state index contributed by atoms with van der Waals surface area (Å²) in [6.45, 7) is 2.08. The van der Waals surface area contributed by atoms with Gasteiger partial charge >= 0.3 is 0 Å². The standard InChI is InChI=1S/C18H19ClFN3S/c1-11-10-24-18-22-16(14-8-7-12(20)9-15(14)19)17(23(11)18)21-13-5-3-2-4-6-13/h7-10,13,21H,2-6H2,1H3. The van der Waals surface area contributed by atoms with Crippen LogP contribution < -0.4 is 5.32 Å². The minimum Gasteiger partial charge on any atom is -0.367 e. The van der Waals surface area contributed by atoms with Crippen LogP contribution in [0.5, 0.6) is 0 Å². The largest absolute Gasteiger partial charge is 0.367 e. The summed E-state index contributed by atoms with van der Waals surface area (Å²) in [5.41, 5.74) is 2.72. The number of hydrogen-bond acceptors (Lipinski definition) is 3. The van der Waals surface area contributed by atoms with E-state index in [1.807, 2.05) is 0 Å². The third-order valence-corrected chi connectivity index (χ3v) is 5.92. The summed E-state index contributed by atoms with van der Waals surface area (Å²) in [7, 11) is 0. The lowest BCUT2D eigenvalue weighted by atomic mass is 9.95. The van der Waals surface area contributed by atoms with Crippen molar-refractivity contribution in [3.8, 4) is 11.3 Å². The van der Waals surface area contributed by atoms with Crippen LogP contribution in [0.25, 0.3) is 16.2 Å². The Morgan fingerprint density at radius 3 is 2.83 bits per heavy atom. The average Bonchev–Trinajstić information content (AvgIpc) is 3.10. The van der Waals surface area contributed by atoms with Crippen LogP contribution in [0.4, 0.5) is 10.2 Å². The molecule has 24 heavy (non-hydrogen) atoms. The molecular weight excluding hydrogens is 345 g/mol. The molecule has 4 rings (SSSR count). The molecule has 0 atom stereocenters. The van der Waals surface area contributed by atoms with Crippen molar-refractivity contribution in [2.45, 2.75) is 45.1 Å². The van der Waals surface area contributed by atoms with E-state index in [4.69, 9.17) is 16.6 Å². The van der Waals surface area contributed by atoms with Crippen LogP contribution >= 0.6 is 22.9 Å². The van der Waals surface area contributed by atoms with Gasteiger partial charge in [0.1, 0.15) is 17.3 Å². The maximum atomic E-state index is 13.4. The normalized spacial score (nSPS) is 16.0. The minimum atomic E-state index is -0.331. The molecule has 0 radical (unpaired) electrons. The van der Waals surface area contributed by atoms with Crippen LogP contribution in [0, 0.1) is 12.7 Å². The monoisotopic (exact) mass is 363 g/mol. The number of nitrogens with zero attached hydrogens (tertiary/aromatic N) is 2. The molecule has 1 saturated carbocycles. The van der Waals surface area contributed by atoms with Crippen molar-refractivity contribution in [3.63, 3.8) is 0 Å². The van der Waals surface area contributed by atoms with Crippen LogP contribution in [0.3, 0.4) is 0 Å². The number of rotatable bonds is 3. The Morgan fingerprint density at radius 2 is 2.08 bits per heavy atom. The summed E-state index contributed by atoms with van der Waals surface area (Å²) in [6.07, 6.45) is 6.18. The molecule has 0 spiro atoms. The summed E-state index contributed by atoms with van der Waals surface area (Å²) in [4.78, 5) is 5.70. The molecule has 0 saturated heterocycles. The highest BCUT2D eigenvalue weighted by Crippen LogP contribution is 2.37. The van der Waals surface area contributed by atoms with Crippen LogP contribution in [0.2, 0.25) is 5.02 Å². The number of fused-ring (bicyclic) bond motifs is 1. The summed E-state index contributed by atoms with van der Waals surface area (Å²) in [5, 5.41) is 6.19. The predicted octanol–water partition coefficient (Wildman–Crippen LogP) is 5.91. The lowest BCUT2D eigenvalue weighted by Crippen LogP contribution is -2.23. The van der Waals surface area contributed by atoms with Gasteiger partial charge in [0.05, 0.1) is 5.02 Å². The molecule has 0 amide bonds. The number of imidazole rings is 1. The number of nitrogens with one attached hydrogen (secondary N) is 1. The minimum absolute atomic E-state index is 0.331. The first-order valence-corrected chi connectivity index (χ1v) is 9.58. The Kier molecular flexibility index (Phi) is 4.22. The Balaban J connectivity index is 1.83. The van der Waals surface area contributed by atoms with Gasteiger partial charge in [-0.2, -0.15) is 0 Å². The maximum Gasteiger partial charge on any atom is 0.196 e. The summed E-state index contributed by atoms with van der Waals surface area (Å²) < 4.78 is 15.6. The van der Waals surface area contributed by atoms with Gasteiger partial charge in [-0.1, -0.05) is 30.9 Å². The number of anilines is 1. The smallest absolute Gasteiger partial charge is 0.196 e. The molecule has 1 aliphatic rings. The van der Waals surface area contributed by atoms with Gasteiger partial charge in [-0.15, -0.1) is 11.3 Å². The van der Waals surface area contributed by atoms with Crippen LogP contribution in [0.1, 0.15) is 37.8 Å². The lowest BCUT2D eigenvalue weighted by Gasteiger charge is -2.24. The number of hydrogen-bond donors (Lipinski definition) is 1. The van der Waals surface area contributed by atoms with Crippen molar-refractivity contribution in [1.29, 1.82) is 0 Å². The van der Waals surface area contributed by atoms with Gasteiger partial charge in [0.25, 0.3) is 0 Å². The van der Waals surface area contributed by atoms with Crippen LogP contribution in [0.15, 0.2) is 23.6 Å². The third kappa shape index (κ3) is 2.80. The summed E-state index contributed by atoms with van der Waals surface area (Å²) in [6, 6.07) is 4.95. The first kappa shape index (κ1) is 15.9.